The second kappa shape index (κ2) is 4.51. The summed E-state index contributed by atoms with van der Waals surface area (Å²) < 4.78 is 4.50. The van der Waals surface area contributed by atoms with Crippen LogP contribution in [0.3, 0.4) is 0 Å². The highest BCUT2D eigenvalue weighted by molar-refractivity contribution is 5.88. The molecule has 1 heterocycles. The van der Waals surface area contributed by atoms with Gasteiger partial charge in [0.1, 0.15) is 5.82 Å². The van der Waals surface area contributed by atoms with E-state index in [1.54, 1.807) is 7.05 Å². The molecule has 0 bridgehead atoms. The number of esters is 1. The number of carbonyl (C=O) groups is 1. The lowest BCUT2D eigenvalue weighted by molar-refractivity contribution is 0.0599. The van der Waals surface area contributed by atoms with Gasteiger partial charge in [-0.2, -0.15) is 0 Å². The first kappa shape index (κ1) is 9.60. The van der Waals surface area contributed by atoms with Gasteiger partial charge in [-0.25, -0.2) is 14.8 Å². The Morgan fingerprint density at radius 3 is 2.62 bits per heavy atom. The minimum absolute atomic E-state index is 0.363. The van der Waals surface area contributed by atoms with Crippen LogP contribution in [-0.4, -0.2) is 30.1 Å². The van der Waals surface area contributed by atoms with Crippen LogP contribution in [0.4, 0.5) is 0 Å². The highest BCUT2D eigenvalue weighted by Gasteiger charge is 2.05. The van der Waals surface area contributed by atoms with Gasteiger partial charge < -0.3 is 10.1 Å². The summed E-state index contributed by atoms with van der Waals surface area (Å²) in [5.74, 6) is 0.228. The van der Waals surface area contributed by atoms with Crippen LogP contribution in [0, 0.1) is 0 Å². The molecule has 1 aromatic rings. The van der Waals surface area contributed by atoms with Gasteiger partial charge in [-0.3, -0.25) is 0 Å². The van der Waals surface area contributed by atoms with E-state index in [4.69, 9.17) is 0 Å². The average Bonchev–Trinajstić information content (AvgIpc) is 2.18. The first-order valence-corrected chi connectivity index (χ1v) is 3.81. The summed E-state index contributed by atoms with van der Waals surface area (Å²) in [5.41, 5.74) is 0.363. The van der Waals surface area contributed by atoms with Gasteiger partial charge in [0.05, 0.1) is 19.2 Å². The van der Waals surface area contributed by atoms with E-state index in [1.807, 2.05) is 0 Å². The number of nitrogens with zero attached hydrogens (tertiary/aromatic N) is 2. The van der Waals surface area contributed by atoms with Crippen molar-refractivity contribution in [2.45, 2.75) is 6.54 Å². The molecule has 0 radical (unpaired) electrons. The van der Waals surface area contributed by atoms with E-state index in [0.717, 1.165) is 0 Å². The van der Waals surface area contributed by atoms with Crippen molar-refractivity contribution < 1.29 is 9.53 Å². The third kappa shape index (κ3) is 2.48. The molecule has 0 saturated carbocycles. The molecule has 0 aliphatic heterocycles. The normalized spacial score (nSPS) is 9.69. The zero-order valence-electron chi connectivity index (χ0n) is 7.57. The van der Waals surface area contributed by atoms with E-state index in [0.29, 0.717) is 17.9 Å². The Hall–Kier alpha value is -1.49. The molecule has 1 rings (SSSR count). The van der Waals surface area contributed by atoms with Crippen molar-refractivity contribution in [2.75, 3.05) is 14.2 Å². The van der Waals surface area contributed by atoms with Crippen molar-refractivity contribution in [2.24, 2.45) is 0 Å². The number of ether oxygens (including phenoxy) is 1. The minimum atomic E-state index is -0.420. The molecule has 5 heteroatoms. The third-order valence-electron chi connectivity index (χ3n) is 1.46. The molecule has 13 heavy (non-hydrogen) atoms. The highest BCUT2D eigenvalue weighted by atomic mass is 16.5. The molecule has 0 aliphatic carbocycles. The van der Waals surface area contributed by atoms with Crippen LogP contribution < -0.4 is 5.32 Å². The number of hydrogen-bond acceptors (Lipinski definition) is 5. The quantitative estimate of drug-likeness (QED) is 0.664. The summed E-state index contributed by atoms with van der Waals surface area (Å²) >= 11 is 0. The van der Waals surface area contributed by atoms with Crippen LogP contribution in [0.15, 0.2) is 12.4 Å². The molecule has 70 valence electrons. The Balaban J connectivity index is 2.75. The van der Waals surface area contributed by atoms with Crippen molar-refractivity contribution in [3.63, 3.8) is 0 Å². The molecule has 1 N–H and O–H groups in total. The van der Waals surface area contributed by atoms with Gasteiger partial charge in [0.15, 0.2) is 0 Å². The van der Waals surface area contributed by atoms with Gasteiger partial charge >= 0.3 is 5.97 Å². The average molecular weight is 181 g/mol. The summed E-state index contributed by atoms with van der Waals surface area (Å²) in [5, 5.41) is 2.91. The Bertz CT molecular complexity index is 284. The van der Waals surface area contributed by atoms with E-state index in [1.165, 1.54) is 19.5 Å². The monoisotopic (exact) mass is 181 g/mol. The van der Waals surface area contributed by atoms with Gasteiger partial charge in [-0.15, -0.1) is 0 Å². The number of carbonyl (C=O) groups excluding carboxylic acids is 1. The van der Waals surface area contributed by atoms with E-state index < -0.39 is 5.97 Å². The summed E-state index contributed by atoms with van der Waals surface area (Å²) in [4.78, 5) is 18.9. The van der Waals surface area contributed by atoms with Crippen LogP contribution >= 0.6 is 0 Å². The molecular weight excluding hydrogens is 170 g/mol. The zero-order chi connectivity index (χ0) is 9.68. The van der Waals surface area contributed by atoms with Crippen LogP contribution in [-0.2, 0) is 11.3 Å². The smallest absolute Gasteiger partial charge is 0.341 e. The predicted molar refractivity (Wildman–Crippen MR) is 46.1 cm³/mol. The van der Waals surface area contributed by atoms with E-state index in [2.05, 4.69) is 20.0 Å². The van der Waals surface area contributed by atoms with Crippen molar-refractivity contribution in [1.29, 1.82) is 0 Å². The maximum Gasteiger partial charge on any atom is 0.341 e. The Morgan fingerprint density at radius 1 is 1.54 bits per heavy atom. The third-order valence-corrected chi connectivity index (χ3v) is 1.46. The van der Waals surface area contributed by atoms with Gasteiger partial charge in [0, 0.05) is 12.4 Å². The Kier molecular flexibility index (Phi) is 3.33. The predicted octanol–water partition coefficient (Wildman–Crippen LogP) is -0.0174. The van der Waals surface area contributed by atoms with Crippen molar-refractivity contribution in [1.82, 2.24) is 15.3 Å². The van der Waals surface area contributed by atoms with Gasteiger partial charge in [-0.1, -0.05) is 0 Å². The molecule has 5 nitrogen and oxygen atoms in total. The van der Waals surface area contributed by atoms with Crippen LogP contribution in [0.25, 0.3) is 0 Å². The number of aromatic nitrogens is 2. The zero-order valence-corrected chi connectivity index (χ0v) is 7.57. The van der Waals surface area contributed by atoms with Crippen molar-refractivity contribution in [3.05, 3.63) is 23.8 Å². The van der Waals surface area contributed by atoms with E-state index >= 15 is 0 Å². The molecule has 0 aliphatic rings. The van der Waals surface area contributed by atoms with Crippen LogP contribution in [0.1, 0.15) is 16.2 Å². The number of hydrogen-bond donors (Lipinski definition) is 1. The summed E-state index contributed by atoms with van der Waals surface area (Å²) in [7, 11) is 3.13. The van der Waals surface area contributed by atoms with Gasteiger partial charge in [0.2, 0.25) is 0 Å². The lowest BCUT2D eigenvalue weighted by Gasteiger charge is -1.99. The lowest BCUT2D eigenvalue weighted by atomic mass is 10.3. The van der Waals surface area contributed by atoms with E-state index in [-0.39, 0.29) is 0 Å². The maximum atomic E-state index is 11.0. The molecule has 0 aromatic carbocycles. The molecule has 0 amide bonds. The summed E-state index contributed by atoms with van der Waals surface area (Å²) in [6.07, 6.45) is 2.90. The summed E-state index contributed by atoms with van der Waals surface area (Å²) in [6.45, 7) is 0.585. The fraction of sp³-hybridized carbons (Fsp3) is 0.375. The summed E-state index contributed by atoms with van der Waals surface area (Å²) in [6, 6.07) is 0. The molecule has 0 spiro atoms. The molecular formula is C8H11N3O2. The number of methoxy groups -OCH3 is 1. The molecule has 1 aromatic heterocycles. The minimum Gasteiger partial charge on any atom is -0.465 e. The van der Waals surface area contributed by atoms with Crippen LogP contribution in [0.2, 0.25) is 0 Å². The number of nitrogens with one attached hydrogen (secondary N) is 1. The standard InChI is InChI=1S/C8H11N3O2/c1-9-5-7-10-3-6(4-11-7)8(12)13-2/h3-4,9H,5H2,1-2H3. The Morgan fingerprint density at radius 2 is 2.15 bits per heavy atom. The van der Waals surface area contributed by atoms with Crippen LogP contribution in [0.5, 0.6) is 0 Å². The maximum absolute atomic E-state index is 11.0. The highest BCUT2D eigenvalue weighted by Crippen LogP contribution is 1.97. The first-order valence-electron chi connectivity index (χ1n) is 3.81. The first-order chi connectivity index (χ1) is 6.27. The molecule has 0 unspecified atom stereocenters. The SMILES string of the molecule is CNCc1ncc(C(=O)OC)cn1. The fourth-order valence-corrected chi connectivity index (χ4v) is 0.827. The topological polar surface area (TPSA) is 64.1 Å². The fourth-order valence-electron chi connectivity index (χ4n) is 0.827. The van der Waals surface area contributed by atoms with Crippen molar-refractivity contribution >= 4 is 5.97 Å². The lowest BCUT2D eigenvalue weighted by Crippen LogP contribution is -2.10. The second-order valence-electron chi connectivity index (χ2n) is 2.41. The number of rotatable bonds is 3. The van der Waals surface area contributed by atoms with Gasteiger partial charge in [-0.05, 0) is 7.05 Å². The van der Waals surface area contributed by atoms with Crippen molar-refractivity contribution in [3.8, 4) is 0 Å². The molecule has 0 atom stereocenters. The largest absolute Gasteiger partial charge is 0.465 e. The molecule has 0 saturated heterocycles. The second-order valence-corrected chi connectivity index (χ2v) is 2.41. The molecule has 0 fully saturated rings. The van der Waals surface area contributed by atoms with Gasteiger partial charge in [0.25, 0.3) is 0 Å². The van der Waals surface area contributed by atoms with E-state index in [9.17, 15) is 4.79 Å². The Labute approximate surface area is 76.2 Å².